The zero-order valence-corrected chi connectivity index (χ0v) is 13.3. The van der Waals surface area contributed by atoms with Crippen LogP contribution in [0.25, 0.3) is 0 Å². The lowest BCUT2D eigenvalue weighted by Crippen LogP contribution is -2.17. The van der Waals surface area contributed by atoms with E-state index < -0.39 is 5.97 Å². The summed E-state index contributed by atoms with van der Waals surface area (Å²) in [4.78, 5) is 16.0. The van der Waals surface area contributed by atoms with Crippen molar-refractivity contribution in [1.82, 2.24) is 14.9 Å². The van der Waals surface area contributed by atoms with Gasteiger partial charge in [-0.15, -0.1) is 0 Å². The summed E-state index contributed by atoms with van der Waals surface area (Å²) in [7, 11) is 3.21. The molecule has 1 heterocycles. The molecule has 0 aliphatic rings. The maximum absolute atomic E-state index is 11.8. The predicted octanol–water partition coefficient (Wildman–Crippen LogP) is 2.12. The first kappa shape index (κ1) is 16.3. The van der Waals surface area contributed by atoms with E-state index in [-0.39, 0.29) is 6.61 Å². The molecule has 1 aromatic carbocycles. The predicted molar refractivity (Wildman–Crippen MR) is 83.3 cm³/mol. The van der Waals surface area contributed by atoms with Crippen LogP contribution in [0.3, 0.4) is 0 Å². The molecule has 0 saturated heterocycles. The average molecular weight is 324 g/mol. The summed E-state index contributed by atoms with van der Waals surface area (Å²) < 4.78 is 12.4. The van der Waals surface area contributed by atoms with E-state index in [1.807, 2.05) is 17.8 Å². The Kier molecular flexibility index (Phi) is 5.80. The second-order valence-electron chi connectivity index (χ2n) is 4.56. The van der Waals surface area contributed by atoms with E-state index in [9.17, 15) is 4.79 Å². The molecule has 1 N–H and O–H groups in total. The molecule has 0 amide bonds. The van der Waals surface area contributed by atoms with Gasteiger partial charge in [-0.05, 0) is 25.2 Å². The molecule has 0 saturated carbocycles. The Labute approximate surface area is 134 Å². The molecule has 118 valence electrons. The molecule has 0 aliphatic carbocycles. The number of nitrogens with one attached hydrogen (secondary N) is 1. The van der Waals surface area contributed by atoms with Gasteiger partial charge in [0.2, 0.25) is 0 Å². The standard InChI is InChI=1S/C15H18ClN3O3/c1-17-5-7-19-8-6-18-14(19)10-22-13-4-3-11(16)9-12(13)15(20)21-2/h3-4,6,8-9,17H,5,7,10H2,1-2H3. The molecule has 0 radical (unpaired) electrons. The van der Waals surface area contributed by atoms with Crippen molar-refractivity contribution in [3.05, 3.63) is 47.0 Å². The van der Waals surface area contributed by atoms with Crippen LogP contribution in [0.4, 0.5) is 0 Å². The zero-order chi connectivity index (χ0) is 15.9. The van der Waals surface area contributed by atoms with Crippen molar-refractivity contribution in [2.45, 2.75) is 13.2 Å². The molecule has 6 nitrogen and oxygen atoms in total. The third-order valence-corrected chi connectivity index (χ3v) is 3.34. The minimum atomic E-state index is -0.490. The average Bonchev–Trinajstić information content (AvgIpc) is 2.98. The number of methoxy groups -OCH3 is 1. The van der Waals surface area contributed by atoms with Gasteiger partial charge >= 0.3 is 5.97 Å². The first-order chi connectivity index (χ1) is 10.7. The van der Waals surface area contributed by atoms with Gasteiger partial charge in [0.05, 0.1) is 7.11 Å². The van der Waals surface area contributed by atoms with Gasteiger partial charge < -0.3 is 19.4 Å². The van der Waals surface area contributed by atoms with Gasteiger partial charge in [-0.1, -0.05) is 11.6 Å². The van der Waals surface area contributed by atoms with Crippen molar-refractivity contribution >= 4 is 17.6 Å². The van der Waals surface area contributed by atoms with E-state index in [4.69, 9.17) is 21.1 Å². The maximum Gasteiger partial charge on any atom is 0.341 e. The largest absolute Gasteiger partial charge is 0.485 e. The minimum Gasteiger partial charge on any atom is -0.485 e. The van der Waals surface area contributed by atoms with Gasteiger partial charge in [-0.3, -0.25) is 0 Å². The number of carbonyl (C=O) groups excluding carboxylic acids is 1. The summed E-state index contributed by atoms with van der Waals surface area (Å²) in [5, 5.41) is 3.53. The van der Waals surface area contributed by atoms with Gasteiger partial charge in [-0.25, -0.2) is 9.78 Å². The van der Waals surface area contributed by atoms with Crippen LogP contribution < -0.4 is 10.1 Å². The highest BCUT2D eigenvalue weighted by Crippen LogP contribution is 2.24. The molecule has 2 rings (SSSR count). The molecule has 0 bridgehead atoms. The molecule has 0 fully saturated rings. The van der Waals surface area contributed by atoms with Crippen molar-refractivity contribution in [3.63, 3.8) is 0 Å². The fraction of sp³-hybridized carbons (Fsp3) is 0.333. The van der Waals surface area contributed by atoms with E-state index >= 15 is 0 Å². The Balaban J connectivity index is 2.12. The summed E-state index contributed by atoms with van der Waals surface area (Å²) in [5.41, 5.74) is 0.295. The molecule has 0 aliphatic heterocycles. The van der Waals surface area contributed by atoms with Crippen molar-refractivity contribution in [1.29, 1.82) is 0 Å². The van der Waals surface area contributed by atoms with Gasteiger partial charge in [-0.2, -0.15) is 0 Å². The number of carbonyl (C=O) groups is 1. The van der Waals surface area contributed by atoms with E-state index in [1.165, 1.54) is 13.2 Å². The Hall–Kier alpha value is -2.05. The first-order valence-electron chi connectivity index (χ1n) is 6.81. The quantitative estimate of drug-likeness (QED) is 0.791. The molecule has 2 aromatic rings. The molecular weight excluding hydrogens is 306 g/mol. The van der Waals surface area contributed by atoms with E-state index in [1.54, 1.807) is 18.3 Å². The number of imidazole rings is 1. The first-order valence-corrected chi connectivity index (χ1v) is 7.18. The number of hydrogen-bond acceptors (Lipinski definition) is 5. The number of rotatable bonds is 7. The monoisotopic (exact) mass is 323 g/mol. The second-order valence-corrected chi connectivity index (χ2v) is 5.00. The summed E-state index contributed by atoms with van der Waals surface area (Å²) in [6.07, 6.45) is 3.61. The summed E-state index contributed by atoms with van der Waals surface area (Å²) >= 11 is 5.91. The van der Waals surface area contributed by atoms with Crippen LogP contribution in [0.15, 0.2) is 30.6 Å². The molecule has 0 spiro atoms. The lowest BCUT2D eigenvalue weighted by atomic mass is 10.2. The number of nitrogens with zero attached hydrogens (tertiary/aromatic N) is 2. The minimum absolute atomic E-state index is 0.252. The summed E-state index contributed by atoms with van der Waals surface area (Å²) in [6.45, 7) is 1.87. The maximum atomic E-state index is 11.8. The third-order valence-electron chi connectivity index (χ3n) is 3.11. The fourth-order valence-electron chi connectivity index (χ4n) is 1.96. The SMILES string of the molecule is CNCCn1ccnc1COc1ccc(Cl)cc1C(=O)OC. The van der Waals surface area contributed by atoms with Gasteiger partial charge in [0.25, 0.3) is 0 Å². The fourth-order valence-corrected chi connectivity index (χ4v) is 2.13. The van der Waals surface area contributed by atoms with Crippen molar-refractivity contribution in [3.8, 4) is 5.75 Å². The van der Waals surface area contributed by atoms with E-state index in [0.29, 0.717) is 16.3 Å². The van der Waals surface area contributed by atoms with E-state index in [0.717, 1.165) is 18.9 Å². The topological polar surface area (TPSA) is 65.4 Å². The van der Waals surface area contributed by atoms with Crippen LogP contribution in [0.5, 0.6) is 5.75 Å². The molecule has 0 atom stereocenters. The third kappa shape index (κ3) is 3.99. The van der Waals surface area contributed by atoms with Crippen molar-refractivity contribution < 1.29 is 14.3 Å². The van der Waals surface area contributed by atoms with Crippen molar-refractivity contribution in [2.24, 2.45) is 0 Å². The second kappa shape index (κ2) is 7.82. The number of aromatic nitrogens is 2. The van der Waals surface area contributed by atoms with Crippen LogP contribution in [0, 0.1) is 0 Å². The van der Waals surface area contributed by atoms with Crippen LogP contribution >= 0.6 is 11.6 Å². The molecular formula is C15H18ClN3O3. The number of hydrogen-bond donors (Lipinski definition) is 1. The van der Waals surface area contributed by atoms with Crippen molar-refractivity contribution in [2.75, 3.05) is 20.7 Å². The lowest BCUT2D eigenvalue weighted by Gasteiger charge is -2.12. The Bertz CT molecular complexity index is 643. The summed E-state index contributed by atoms with van der Waals surface area (Å²) in [6, 6.07) is 4.84. The number of halogens is 1. The molecule has 22 heavy (non-hydrogen) atoms. The van der Waals surface area contributed by atoms with Crippen LogP contribution in [0.1, 0.15) is 16.2 Å². The number of likely N-dealkylation sites (N-methyl/N-ethyl adjacent to an activating group) is 1. The zero-order valence-electron chi connectivity index (χ0n) is 12.5. The smallest absolute Gasteiger partial charge is 0.341 e. The number of benzene rings is 1. The normalized spacial score (nSPS) is 10.5. The van der Waals surface area contributed by atoms with Gasteiger partial charge in [0, 0.05) is 30.5 Å². The Morgan fingerprint density at radius 1 is 1.45 bits per heavy atom. The highest BCUT2D eigenvalue weighted by atomic mass is 35.5. The van der Waals surface area contributed by atoms with Crippen LogP contribution in [0.2, 0.25) is 5.02 Å². The number of ether oxygens (including phenoxy) is 2. The van der Waals surface area contributed by atoms with Gasteiger partial charge in [0.15, 0.2) is 0 Å². The number of esters is 1. The molecule has 7 heteroatoms. The lowest BCUT2D eigenvalue weighted by molar-refractivity contribution is 0.0595. The summed E-state index contributed by atoms with van der Waals surface area (Å²) in [5.74, 6) is 0.705. The van der Waals surface area contributed by atoms with E-state index in [2.05, 4.69) is 10.3 Å². The molecule has 0 unspecified atom stereocenters. The van der Waals surface area contributed by atoms with Crippen LogP contribution in [-0.2, 0) is 17.9 Å². The Morgan fingerprint density at radius 3 is 3.00 bits per heavy atom. The highest BCUT2D eigenvalue weighted by Gasteiger charge is 2.14. The Morgan fingerprint density at radius 2 is 2.27 bits per heavy atom. The highest BCUT2D eigenvalue weighted by molar-refractivity contribution is 6.31. The van der Waals surface area contributed by atoms with Gasteiger partial charge in [0.1, 0.15) is 23.7 Å². The van der Waals surface area contributed by atoms with Crippen LogP contribution in [-0.4, -0.2) is 36.2 Å². The molecule has 1 aromatic heterocycles.